The maximum absolute atomic E-state index is 12.8. The molecule has 0 radical (unpaired) electrons. The summed E-state index contributed by atoms with van der Waals surface area (Å²) in [5.41, 5.74) is 4.82. The summed E-state index contributed by atoms with van der Waals surface area (Å²) in [5, 5.41) is 7.40. The minimum Gasteiger partial charge on any atom is -0.319 e. The molecule has 0 atom stereocenters. The highest BCUT2D eigenvalue weighted by Gasteiger charge is 2.19. The molecule has 1 aromatic heterocycles. The molecule has 0 aliphatic heterocycles. The Morgan fingerprint density at radius 3 is 2.41 bits per heavy atom. The van der Waals surface area contributed by atoms with Crippen molar-refractivity contribution in [2.24, 2.45) is 0 Å². The number of nitrogens with zero attached hydrogens (tertiary/aromatic N) is 3. The van der Waals surface area contributed by atoms with Gasteiger partial charge in [0.2, 0.25) is 5.82 Å². The predicted octanol–water partition coefficient (Wildman–Crippen LogP) is 5.06. The van der Waals surface area contributed by atoms with Gasteiger partial charge in [0, 0.05) is 11.3 Å². The summed E-state index contributed by atoms with van der Waals surface area (Å²) in [5.74, 6) is 0.425. The van der Waals surface area contributed by atoms with Crippen LogP contribution in [0.15, 0.2) is 78.9 Å². The normalized spacial score (nSPS) is 10.7. The summed E-state index contributed by atoms with van der Waals surface area (Å²) in [6.07, 6.45) is 0.955. The Kier molecular flexibility index (Phi) is 5.20. The molecular weight excluding hydrogens is 360 g/mol. The van der Waals surface area contributed by atoms with Crippen LogP contribution >= 0.6 is 0 Å². The SMILES string of the molecule is CCc1ccc(NC(=O)c2nc(-c3cccc(C)c3)n(-c3ccccc3)n2)cc1. The summed E-state index contributed by atoms with van der Waals surface area (Å²) < 4.78 is 1.71. The van der Waals surface area contributed by atoms with Gasteiger partial charge in [-0.2, -0.15) is 0 Å². The summed E-state index contributed by atoms with van der Waals surface area (Å²) in [6.45, 7) is 4.13. The van der Waals surface area contributed by atoms with Gasteiger partial charge in [-0.1, -0.05) is 61.0 Å². The van der Waals surface area contributed by atoms with Gasteiger partial charge in [0.15, 0.2) is 5.82 Å². The Morgan fingerprint density at radius 1 is 0.966 bits per heavy atom. The number of nitrogens with one attached hydrogen (secondary N) is 1. The third-order valence-electron chi connectivity index (χ3n) is 4.71. The van der Waals surface area contributed by atoms with Crippen LogP contribution in [0.2, 0.25) is 0 Å². The molecule has 0 saturated carbocycles. The molecule has 4 aromatic rings. The Morgan fingerprint density at radius 2 is 1.72 bits per heavy atom. The first-order valence-electron chi connectivity index (χ1n) is 9.64. The third-order valence-corrected chi connectivity index (χ3v) is 4.71. The van der Waals surface area contributed by atoms with Crippen LogP contribution in [-0.4, -0.2) is 20.7 Å². The van der Waals surface area contributed by atoms with Crippen molar-refractivity contribution in [3.05, 3.63) is 95.8 Å². The summed E-state index contributed by atoms with van der Waals surface area (Å²) in [4.78, 5) is 17.4. The van der Waals surface area contributed by atoms with Crippen molar-refractivity contribution in [2.75, 3.05) is 5.32 Å². The van der Waals surface area contributed by atoms with E-state index in [1.807, 2.05) is 85.8 Å². The van der Waals surface area contributed by atoms with Crippen molar-refractivity contribution >= 4 is 11.6 Å². The Labute approximate surface area is 170 Å². The molecule has 0 aliphatic rings. The third kappa shape index (κ3) is 4.09. The van der Waals surface area contributed by atoms with Gasteiger partial charge in [-0.3, -0.25) is 4.79 Å². The summed E-state index contributed by atoms with van der Waals surface area (Å²) in [6, 6.07) is 25.5. The first kappa shape index (κ1) is 18.6. The standard InChI is InChI=1S/C24H22N4O/c1-3-18-12-14-20(15-13-18)25-24(29)22-26-23(19-9-7-8-17(2)16-19)28(27-22)21-10-5-4-6-11-21/h4-16H,3H2,1-2H3,(H,25,29). The second-order valence-corrected chi connectivity index (χ2v) is 6.88. The molecule has 0 spiro atoms. The van der Waals surface area contributed by atoms with E-state index in [9.17, 15) is 4.79 Å². The van der Waals surface area contributed by atoms with Crippen LogP contribution in [-0.2, 0) is 6.42 Å². The van der Waals surface area contributed by atoms with E-state index in [1.165, 1.54) is 5.56 Å². The average Bonchev–Trinajstić information content (AvgIpc) is 3.21. The van der Waals surface area contributed by atoms with E-state index >= 15 is 0 Å². The number of carbonyl (C=O) groups is 1. The zero-order valence-corrected chi connectivity index (χ0v) is 16.5. The predicted molar refractivity (Wildman–Crippen MR) is 115 cm³/mol. The zero-order valence-electron chi connectivity index (χ0n) is 16.5. The molecule has 0 saturated heterocycles. The number of rotatable bonds is 5. The average molecular weight is 382 g/mol. The number of carbonyl (C=O) groups excluding carboxylic acids is 1. The molecule has 5 heteroatoms. The van der Waals surface area contributed by atoms with Gasteiger partial charge < -0.3 is 5.32 Å². The van der Waals surface area contributed by atoms with Crippen molar-refractivity contribution < 1.29 is 4.79 Å². The van der Waals surface area contributed by atoms with E-state index in [-0.39, 0.29) is 11.7 Å². The number of benzene rings is 3. The smallest absolute Gasteiger partial charge is 0.295 e. The Bertz CT molecular complexity index is 1130. The maximum Gasteiger partial charge on any atom is 0.295 e. The minimum absolute atomic E-state index is 0.130. The molecule has 1 heterocycles. The first-order chi connectivity index (χ1) is 14.1. The number of anilines is 1. The summed E-state index contributed by atoms with van der Waals surface area (Å²) >= 11 is 0. The van der Waals surface area contributed by atoms with E-state index in [1.54, 1.807) is 4.68 Å². The van der Waals surface area contributed by atoms with Crippen LogP contribution in [0, 0.1) is 6.92 Å². The van der Waals surface area contributed by atoms with Crippen molar-refractivity contribution in [1.29, 1.82) is 0 Å². The fourth-order valence-electron chi connectivity index (χ4n) is 3.14. The number of hydrogen-bond acceptors (Lipinski definition) is 3. The molecule has 0 unspecified atom stereocenters. The molecule has 0 aliphatic carbocycles. The lowest BCUT2D eigenvalue weighted by atomic mass is 10.1. The first-order valence-corrected chi connectivity index (χ1v) is 9.64. The molecule has 144 valence electrons. The van der Waals surface area contributed by atoms with Crippen LogP contribution in [0.25, 0.3) is 17.1 Å². The molecule has 3 aromatic carbocycles. The van der Waals surface area contributed by atoms with Gasteiger partial charge in [0.05, 0.1) is 5.69 Å². The summed E-state index contributed by atoms with van der Waals surface area (Å²) in [7, 11) is 0. The maximum atomic E-state index is 12.8. The van der Waals surface area contributed by atoms with E-state index < -0.39 is 0 Å². The van der Waals surface area contributed by atoms with Gasteiger partial charge in [-0.15, -0.1) is 5.10 Å². The van der Waals surface area contributed by atoms with E-state index in [2.05, 4.69) is 22.3 Å². The van der Waals surface area contributed by atoms with Gasteiger partial charge in [0.25, 0.3) is 5.91 Å². The molecule has 0 fully saturated rings. The number of aryl methyl sites for hydroxylation is 2. The van der Waals surface area contributed by atoms with E-state index in [4.69, 9.17) is 0 Å². The van der Waals surface area contributed by atoms with Crippen molar-refractivity contribution in [2.45, 2.75) is 20.3 Å². The lowest BCUT2D eigenvalue weighted by Gasteiger charge is -2.06. The van der Waals surface area contributed by atoms with Gasteiger partial charge in [0.1, 0.15) is 0 Å². The number of aromatic nitrogens is 3. The molecule has 1 N–H and O–H groups in total. The minimum atomic E-state index is -0.335. The lowest BCUT2D eigenvalue weighted by molar-refractivity contribution is 0.101. The monoisotopic (exact) mass is 382 g/mol. The molecule has 0 bridgehead atoms. The Balaban J connectivity index is 1.71. The quantitative estimate of drug-likeness (QED) is 0.525. The number of hydrogen-bond donors (Lipinski definition) is 1. The molecule has 29 heavy (non-hydrogen) atoms. The number of amides is 1. The second kappa shape index (κ2) is 8.10. The largest absolute Gasteiger partial charge is 0.319 e. The zero-order chi connectivity index (χ0) is 20.2. The number of para-hydroxylation sites is 1. The van der Waals surface area contributed by atoms with Crippen molar-refractivity contribution in [3.63, 3.8) is 0 Å². The highest BCUT2D eigenvalue weighted by Crippen LogP contribution is 2.22. The molecule has 4 rings (SSSR count). The molecule has 1 amide bonds. The second-order valence-electron chi connectivity index (χ2n) is 6.88. The highest BCUT2D eigenvalue weighted by molar-refractivity contribution is 6.01. The molecular formula is C24H22N4O. The Hall–Kier alpha value is -3.73. The van der Waals surface area contributed by atoms with Crippen LogP contribution in [0.1, 0.15) is 28.7 Å². The topological polar surface area (TPSA) is 59.8 Å². The van der Waals surface area contributed by atoms with Crippen LogP contribution in [0.5, 0.6) is 0 Å². The van der Waals surface area contributed by atoms with Crippen LogP contribution < -0.4 is 5.32 Å². The highest BCUT2D eigenvalue weighted by atomic mass is 16.2. The van der Waals surface area contributed by atoms with Gasteiger partial charge in [-0.25, -0.2) is 9.67 Å². The van der Waals surface area contributed by atoms with Crippen molar-refractivity contribution in [3.8, 4) is 17.1 Å². The van der Waals surface area contributed by atoms with Gasteiger partial charge in [-0.05, 0) is 49.2 Å². The lowest BCUT2D eigenvalue weighted by Crippen LogP contribution is -2.14. The van der Waals surface area contributed by atoms with E-state index in [0.717, 1.165) is 28.9 Å². The molecule has 5 nitrogen and oxygen atoms in total. The van der Waals surface area contributed by atoms with Gasteiger partial charge >= 0.3 is 0 Å². The van der Waals surface area contributed by atoms with Crippen molar-refractivity contribution in [1.82, 2.24) is 14.8 Å². The van der Waals surface area contributed by atoms with E-state index in [0.29, 0.717) is 5.82 Å². The fraction of sp³-hybridized carbons (Fsp3) is 0.125. The van der Waals surface area contributed by atoms with Crippen LogP contribution in [0.4, 0.5) is 5.69 Å². The fourth-order valence-corrected chi connectivity index (χ4v) is 3.14. The van der Waals surface area contributed by atoms with Crippen LogP contribution in [0.3, 0.4) is 0 Å².